The van der Waals surface area contributed by atoms with E-state index in [1.165, 1.54) is 15.3 Å². The van der Waals surface area contributed by atoms with Crippen molar-refractivity contribution < 1.29 is 17.6 Å². The van der Waals surface area contributed by atoms with Crippen molar-refractivity contribution in [2.45, 2.75) is 0 Å². The number of halogens is 3. The number of nitrogens with zero attached hydrogens (tertiary/aromatic N) is 2. The molecule has 0 saturated carbocycles. The molecule has 0 N–H and O–H groups in total. The molecule has 1 heterocycles. The van der Waals surface area contributed by atoms with Crippen molar-refractivity contribution >= 4 is 39.1 Å². The SMILES string of the molecule is CS(=O)(=O)N1CCN(C(=O)c2cc(F)c(Cl)cc2Cl)CC1. The van der Waals surface area contributed by atoms with E-state index in [0.29, 0.717) is 0 Å². The molecule has 0 radical (unpaired) electrons. The molecule has 0 aliphatic carbocycles. The Labute approximate surface area is 132 Å². The Hall–Kier alpha value is -0.890. The Morgan fingerprint density at radius 1 is 1.14 bits per heavy atom. The quantitative estimate of drug-likeness (QED) is 0.761. The van der Waals surface area contributed by atoms with E-state index in [9.17, 15) is 17.6 Å². The Bertz CT molecular complexity index is 673. The van der Waals surface area contributed by atoms with Gasteiger partial charge in [0, 0.05) is 26.2 Å². The van der Waals surface area contributed by atoms with E-state index < -0.39 is 21.7 Å². The lowest BCUT2D eigenvalue weighted by Gasteiger charge is -2.33. The van der Waals surface area contributed by atoms with E-state index in [0.717, 1.165) is 12.3 Å². The molecule has 2 rings (SSSR count). The molecule has 1 amide bonds. The smallest absolute Gasteiger partial charge is 0.255 e. The summed E-state index contributed by atoms with van der Waals surface area (Å²) in [4.78, 5) is 13.7. The monoisotopic (exact) mass is 354 g/mol. The van der Waals surface area contributed by atoms with Crippen LogP contribution in [0.1, 0.15) is 10.4 Å². The van der Waals surface area contributed by atoms with Gasteiger partial charge in [0.25, 0.3) is 5.91 Å². The number of benzene rings is 1. The van der Waals surface area contributed by atoms with Gasteiger partial charge in [0.2, 0.25) is 10.0 Å². The van der Waals surface area contributed by atoms with E-state index >= 15 is 0 Å². The number of hydrogen-bond donors (Lipinski definition) is 0. The summed E-state index contributed by atoms with van der Waals surface area (Å²) in [6.45, 7) is 0.871. The summed E-state index contributed by atoms with van der Waals surface area (Å²) >= 11 is 11.5. The lowest BCUT2D eigenvalue weighted by molar-refractivity contribution is 0.0698. The highest BCUT2D eigenvalue weighted by molar-refractivity contribution is 7.88. The largest absolute Gasteiger partial charge is 0.336 e. The van der Waals surface area contributed by atoms with Gasteiger partial charge in [-0.15, -0.1) is 0 Å². The van der Waals surface area contributed by atoms with Crippen LogP contribution in [0.5, 0.6) is 0 Å². The molecule has 1 aliphatic rings. The lowest BCUT2D eigenvalue weighted by Crippen LogP contribution is -2.50. The third-order valence-corrected chi connectivity index (χ3v) is 5.14. The summed E-state index contributed by atoms with van der Waals surface area (Å²) in [5.74, 6) is -1.16. The molecule has 1 fully saturated rings. The van der Waals surface area contributed by atoms with Crippen LogP contribution in [-0.2, 0) is 10.0 Å². The molecule has 1 saturated heterocycles. The molecule has 0 aromatic heterocycles. The van der Waals surface area contributed by atoms with Crippen molar-refractivity contribution in [1.82, 2.24) is 9.21 Å². The van der Waals surface area contributed by atoms with Gasteiger partial charge in [-0.3, -0.25) is 4.79 Å². The van der Waals surface area contributed by atoms with Gasteiger partial charge in [-0.2, -0.15) is 4.31 Å². The zero-order valence-corrected chi connectivity index (χ0v) is 13.5. The van der Waals surface area contributed by atoms with Crippen molar-refractivity contribution in [2.75, 3.05) is 32.4 Å². The van der Waals surface area contributed by atoms with Crippen LogP contribution in [0.3, 0.4) is 0 Å². The summed E-state index contributed by atoms with van der Waals surface area (Å²) in [5, 5.41) is -0.0876. The summed E-state index contributed by atoms with van der Waals surface area (Å²) < 4.78 is 37.6. The molecule has 0 atom stereocenters. The van der Waals surface area contributed by atoms with Crippen LogP contribution >= 0.6 is 23.2 Å². The van der Waals surface area contributed by atoms with Crippen molar-refractivity contribution in [2.24, 2.45) is 0 Å². The molecule has 5 nitrogen and oxygen atoms in total. The maximum Gasteiger partial charge on any atom is 0.255 e. The third-order valence-electron chi connectivity index (χ3n) is 3.24. The van der Waals surface area contributed by atoms with E-state index in [1.807, 2.05) is 0 Å². The Kier molecular flexibility index (Phi) is 4.77. The molecule has 1 aromatic carbocycles. The highest BCUT2D eigenvalue weighted by Crippen LogP contribution is 2.25. The second kappa shape index (κ2) is 6.08. The average molecular weight is 355 g/mol. The van der Waals surface area contributed by atoms with Gasteiger partial charge in [-0.25, -0.2) is 12.8 Å². The number of hydrogen-bond acceptors (Lipinski definition) is 3. The average Bonchev–Trinajstić information content (AvgIpc) is 2.41. The van der Waals surface area contributed by atoms with Gasteiger partial charge < -0.3 is 4.90 Å². The molecule has 1 aliphatic heterocycles. The van der Waals surface area contributed by atoms with E-state index in [-0.39, 0.29) is 41.8 Å². The molecular formula is C12H13Cl2FN2O3S. The number of rotatable bonds is 2. The molecule has 9 heteroatoms. The minimum absolute atomic E-state index is 0.0198. The molecule has 21 heavy (non-hydrogen) atoms. The van der Waals surface area contributed by atoms with Crippen molar-refractivity contribution in [3.8, 4) is 0 Å². The van der Waals surface area contributed by atoms with Crippen molar-refractivity contribution in [3.05, 3.63) is 33.6 Å². The van der Waals surface area contributed by atoms with Crippen LogP contribution in [0.2, 0.25) is 10.0 Å². The number of amides is 1. The van der Waals surface area contributed by atoms with Crippen molar-refractivity contribution in [1.29, 1.82) is 0 Å². The van der Waals surface area contributed by atoms with Crippen LogP contribution in [0.4, 0.5) is 4.39 Å². The molecular weight excluding hydrogens is 342 g/mol. The fourth-order valence-corrected chi connectivity index (χ4v) is 3.37. The number of sulfonamides is 1. The minimum Gasteiger partial charge on any atom is -0.336 e. The van der Waals surface area contributed by atoms with Crippen LogP contribution < -0.4 is 0 Å². The highest BCUT2D eigenvalue weighted by Gasteiger charge is 2.27. The molecule has 1 aromatic rings. The zero-order valence-electron chi connectivity index (χ0n) is 11.1. The van der Waals surface area contributed by atoms with Crippen LogP contribution in [0.15, 0.2) is 12.1 Å². The van der Waals surface area contributed by atoms with E-state index in [2.05, 4.69) is 0 Å². The maximum atomic E-state index is 13.5. The van der Waals surface area contributed by atoms with Gasteiger partial charge in [0.1, 0.15) is 5.82 Å². The summed E-state index contributed by atoms with van der Waals surface area (Å²) in [5.41, 5.74) is 0.0198. The maximum absolute atomic E-state index is 13.5. The van der Waals surface area contributed by atoms with E-state index in [4.69, 9.17) is 23.2 Å². The normalized spacial score (nSPS) is 17.0. The standard InChI is InChI=1S/C12H13Cl2FN2O3S/c1-21(19,20)17-4-2-16(3-5-17)12(18)8-6-11(15)10(14)7-9(8)13/h6-7H,2-5H2,1H3. The number of carbonyl (C=O) groups is 1. The lowest BCUT2D eigenvalue weighted by atomic mass is 10.1. The summed E-state index contributed by atoms with van der Waals surface area (Å²) in [7, 11) is -3.27. The topological polar surface area (TPSA) is 57.7 Å². The first-order valence-corrected chi connectivity index (χ1v) is 8.69. The summed E-state index contributed by atoms with van der Waals surface area (Å²) in [6.07, 6.45) is 1.12. The molecule has 0 unspecified atom stereocenters. The van der Waals surface area contributed by atoms with Crippen LogP contribution in [-0.4, -0.2) is 56.0 Å². The Morgan fingerprint density at radius 3 is 2.24 bits per heavy atom. The fourth-order valence-electron chi connectivity index (χ4n) is 2.08. The third kappa shape index (κ3) is 3.66. The predicted octanol–water partition coefficient (Wildman–Crippen LogP) is 1.85. The second-order valence-electron chi connectivity index (χ2n) is 4.70. The van der Waals surface area contributed by atoms with Gasteiger partial charge >= 0.3 is 0 Å². The molecule has 0 bridgehead atoms. The first-order chi connectivity index (χ1) is 9.70. The highest BCUT2D eigenvalue weighted by atomic mass is 35.5. The summed E-state index contributed by atoms with van der Waals surface area (Å²) in [6, 6.07) is 2.17. The van der Waals surface area contributed by atoms with Gasteiger partial charge in [-0.05, 0) is 12.1 Å². The second-order valence-corrected chi connectivity index (χ2v) is 7.50. The minimum atomic E-state index is -3.27. The van der Waals surface area contributed by atoms with Crippen LogP contribution in [0, 0.1) is 5.82 Å². The van der Waals surface area contributed by atoms with Gasteiger partial charge in [0.15, 0.2) is 0 Å². The number of piperazine rings is 1. The Morgan fingerprint density at radius 2 is 1.71 bits per heavy atom. The fraction of sp³-hybridized carbons (Fsp3) is 0.417. The molecule has 116 valence electrons. The number of carbonyl (C=O) groups excluding carboxylic acids is 1. The van der Waals surface area contributed by atoms with Gasteiger partial charge in [0.05, 0.1) is 21.9 Å². The zero-order chi connectivity index (χ0) is 15.8. The van der Waals surface area contributed by atoms with Gasteiger partial charge in [-0.1, -0.05) is 23.2 Å². The predicted molar refractivity (Wildman–Crippen MR) is 78.7 cm³/mol. The first-order valence-electron chi connectivity index (χ1n) is 6.09. The van der Waals surface area contributed by atoms with E-state index in [1.54, 1.807) is 0 Å². The first kappa shape index (κ1) is 16.5. The van der Waals surface area contributed by atoms with Crippen LogP contribution in [0.25, 0.3) is 0 Å². The molecule has 0 spiro atoms. The Balaban J connectivity index is 2.14. The van der Waals surface area contributed by atoms with Crippen molar-refractivity contribution in [3.63, 3.8) is 0 Å².